The van der Waals surface area contributed by atoms with Gasteiger partial charge in [0.05, 0.1) is 0 Å². The molecule has 0 fully saturated rings. The molecule has 0 atom stereocenters. The van der Waals surface area contributed by atoms with E-state index in [9.17, 15) is 23.4 Å². The third kappa shape index (κ3) is 2.61. The predicted molar refractivity (Wildman–Crippen MR) is 85.8 cm³/mol. The Morgan fingerprint density at radius 3 is 2.25 bits per heavy atom. The van der Waals surface area contributed by atoms with E-state index in [1.807, 2.05) is 19.1 Å². The first kappa shape index (κ1) is 16.0. The van der Waals surface area contributed by atoms with Crippen molar-refractivity contribution in [2.75, 3.05) is 0 Å². The van der Waals surface area contributed by atoms with E-state index in [0.29, 0.717) is 5.56 Å². The van der Waals surface area contributed by atoms with Crippen LogP contribution in [-0.4, -0.2) is 23.2 Å². The van der Waals surface area contributed by atoms with Crippen LogP contribution < -0.4 is 5.43 Å². The molecule has 0 radical (unpaired) electrons. The van der Waals surface area contributed by atoms with Crippen molar-refractivity contribution in [3.63, 3.8) is 0 Å². The van der Waals surface area contributed by atoms with Gasteiger partial charge in [-0.25, -0.2) is 0 Å². The number of hydrogen-bond acceptors (Lipinski definition) is 6. The molecule has 1 heterocycles. The minimum Gasteiger partial charge on any atom is -0.506 e. The summed E-state index contributed by atoms with van der Waals surface area (Å²) < 4.78 is 37.1. The molecule has 0 spiro atoms. The maximum Gasteiger partial charge on any atom is 0.301 e. The van der Waals surface area contributed by atoms with Crippen molar-refractivity contribution >= 4 is 21.1 Å². The first-order valence-electron chi connectivity index (χ1n) is 6.76. The van der Waals surface area contributed by atoms with Crippen molar-refractivity contribution in [3.8, 4) is 22.8 Å². The summed E-state index contributed by atoms with van der Waals surface area (Å²) >= 11 is 0. The Morgan fingerprint density at radius 1 is 1.04 bits per heavy atom. The number of phenolic OH excluding ortho intramolecular Hbond substituents is 2. The highest BCUT2D eigenvalue weighted by Crippen LogP contribution is 2.38. The minimum absolute atomic E-state index is 0.186. The van der Waals surface area contributed by atoms with Gasteiger partial charge in [0.2, 0.25) is 0 Å². The van der Waals surface area contributed by atoms with Crippen LogP contribution in [0.2, 0.25) is 0 Å². The van der Waals surface area contributed by atoms with Gasteiger partial charge < -0.3 is 14.6 Å². The molecular weight excluding hydrogens is 336 g/mol. The molecule has 8 heteroatoms. The third-order valence-electron chi connectivity index (χ3n) is 3.52. The van der Waals surface area contributed by atoms with Crippen molar-refractivity contribution in [2.24, 2.45) is 0 Å². The average Bonchev–Trinajstić information content (AvgIpc) is 2.45. The fraction of sp³-hybridized carbons (Fsp3) is 0.0625. The van der Waals surface area contributed by atoms with Crippen LogP contribution in [0.3, 0.4) is 0 Å². The second kappa shape index (κ2) is 5.36. The Labute approximate surface area is 136 Å². The Bertz CT molecular complexity index is 1110. The molecular formula is C16H12O7S. The van der Waals surface area contributed by atoms with Gasteiger partial charge in [-0.3, -0.25) is 9.35 Å². The molecule has 2 aromatic carbocycles. The van der Waals surface area contributed by atoms with Crippen LogP contribution in [-0.2, 0) is 10.1 Å². The molecule has 0 saturated heterocycles. The summed E-state index contributed by atoms with van der Waals surface area (Å²) in [6, 6.07) is 9.04. The van der Waals surface area contributed by atoms with E-state index in [-0.39, 0.29) is 11.3 Å². The molecule has 0 aliphatic heterocycles. The smallest absolute Gasteiger partial charge is 0.301 e. The number of fused-ring (bicyclic) bond motifs is 1. The molecule has 7 nitrogen and oxygen atoms in total. The molecule has 124 valence electrons. The zero-order valence-electron chi connectivity index (χ0n) is 12.3. The summed E-state index contributed by atoms with van der Waals surface area (Å²) in [5.41, 5.74) is 0.683. The van der Waals surface area contributed by atoms with E-state index in [4.69, 9.17) is 8.97 Å². The van der Waals surface area contributed by atoms with Gasteiger partial charge in [-0.2, -0.15) is 8.42 Å². The molecule has 0 unspecified atom stereocenters. The van der Waals surface area contributed by atoms with E-state index in [1.165, 1.54) is 0 Å². The first-order chi connectivity index (χ1) is 11.2. The highest BCUT2D eigenvalue weighted by Gasteiger charge is 2.26. The van der Waals surface area contributed by atoms with Gasteiger partial charge in [0.25, 0.3) is 0 Å². The maximum absolute atomic E-state index is 12.3. The molecule has 0 amide bonds. The van der Waals surface area contributed by atoms with E-state index < -0.39 is 37.3 Å². The molecule has 3 N–H and O–H groups in total. The van der Waals surface area contributed by atoms with E-state index >= 15 is 0 Å². The van der Waals surface area contributed by atoms with Gasteiger partial charge in [-0.1, -0.05) is 29.8 Å². The van der Waals surface area contributed by atoms with Crippen molar-refractivity contribution in [3.05, 3.63) is 52.2 Å². The number of hydrogen-bond donors (Lipinski definition) is 3. The highest BCUT2D eigenvalue weighted by atomic mass is 32.2. The van der Waals surface area contributed by atoms with Gasteiger partial charge in [-0.15, -0.1) is 0 Å². The van der Waals surface area contributed by atoms with Crippen molar-refractivity contribution in [1.82, 2.24) is 0 Å². The van der Waals surface area contributed by atoms with Crippen LogP contribution in [0.15, 0.2) is 50.5 Å². The highest BCUT2D eigenvalue weighted by molar-refractivity contribution is 7.86. The fourth-order valence-electron chi connectivity index (χ4n) is 2.39. The summed E-state index contributed by atoms with van der Waals surface area (Å²) in [6.07, 6.45) is 0. The largest absolute Gasteiger partial charge is 0.506 e. The Kier molecular flexibility index (Phi) is 3.58. The number of aromatic hydroxyl groups is 2. The first-order valence-corrected chi connectivity index (χ1v) is 8.20. The lowest BCUT2D eigenvalue weighted by molar-refractivity contribution is 0.413. The number of benzene rings is 2. The van der Waals surface area contributed by atoms with Gasteiger partial charge in [0, 0.05) is 17.7 Å². The Morgan fingerprint density at radius 2 is 1.67 bits per heavy atom. The normalized spacial score (nSPS) is 11.8. The Balaban J connectivity index is 2.35. The quantitative estimate of drug-likeness (QED) is 0.607. The molecule has 24 heavy (non-hydrogen) atoms. The fourth-order valence-corrected chi connectivity index (χ4v) is 3.06. The van der Waals surface area contributed by atoms with Gasteiger partial charge in [0.15, 0.2) is 16.1 Å². The van der Waals surface area contributed by atoms with Gasteiger partial charge in [0.1, 0.15) is 22.5 Å². The number of aryl methyl sites for hydroxylation is 1. The lowest BCUT2D eigenvalue weighted by Gasteiger charge is -2.09. The lowest BCUT2D eigenvalue weighted by atomic mass is 10.1. The maximum atomic E-state index is 12.3. The average molecular weight is 348 g/mol. The van der Waals surface area contributed by atoms with Gasteiger partial charge >= 0.3 is 10.1 Å². The zero-order valence-corrected chi connectivity index (χ0v) is 13.2. The van der Waals surface area contributed by atoms with Crippen LogP contribution in [0.4, 0.5) is 0 Å². The second-order valence-electron chi connectivity index (χ2n) is 5.26. The zero-order chi connectivity index (χ0) is 17.6. The molecule has 3 aromatic rings. The van der Waals surface area contributed by atoms with E-state index in [1.54, 1.807) is 12.1 Å². The lowest BCUT2D eigenvalue weighted by Crippen LogP contribution is -2.05. The topological polar surface area (TPSA) is 125 Å². The van der Waals surface area contributed by atoms with Crippen LogP contribution >= 0.6 is 0 Å². The van der Waals surface area contributed by atoms with E-state index in [2.05, 4.69) is 0 Å². The van der Waals surface area contributed by atoms with Gasteiger partial charge in [-0.05, 0) is 6.92 Å². The van der Waals surface area contributed by atoms with Crippen LogP contribution in [0.25, 0.3) is 22.3 Å². The number of rotatable bonds is 2. The summed E-state index contributed by atoms with van der Waals surface area (Å²) in [5, 5.41) is 19.3. The summed E-state index contributed by atoms with van der Waals surface area (Å²) in [4.78, 5) is 11.1. The van der Waals surface area contributed by atoms with Crippen LogP contribution in [0.5, 0.6) is 11.5 Å². The van der Waals surface area contributed by atoms with Crippen LogP contribution in [0.1, 0.15) is 5.56 Å². The van der Waals surface area contributed by atoms with E-state index in [0.717, 1.165) is 17.7 Å². The molecule has 1 aromatic heterocycles. The summed E-state index contributed by atoms with van der Waals surface area (Å²) in [7, 11) is -4.92. The molecule has 0 aliphatic carbocycles. The molecule has 0 bridgehead atoms. The van der Waals surface area contributed by atoms with Crippen molar-refractivity contribution < 1.29 is 27.6 Å². The molecule has 0 aliphatic rings. The predicted octanol–water partition coefficient (Wildman–Crippen LogP) is 2.43. The van der Waals surface area contributed by atoms with Crippen molar-refractivity contribution in [2.45, 2.75) is 11.8 Å². The van der Waals surface area contributed by atoms with Crippen LogP contribution in [0, 0.1) is 6.92 Å². The monoisotopic (exact) mass is 348 g/mol. The Hall–Kier alpha value is -2.84. The molecule has 0 saturated carbocycles. The third-order valence-corrected chi connectivity index (χ3v) is 4.44. The standard InChI is InChI=1S/C16H12O7S/c1-8-2-4-9(5-3-8)12-6-10(17)14-13(23-12)7-11(18)16(15(14)19)24(20,21)22/h2-7,18-19H,1H3,(H,20,21,22). The minimum atomic E-state index is -4.92. The second-order valence-corrected chi connectivity index (χ2v) is 6.62. The van der Waals surface area contributed by atoms with Crippen molar-refractivity contribution in [1.29, 1.82) is 0 Å². The summed E-state index contributed by atoms with van der Waals surface area (Å²) in [5.74, 6) is -1.80. The molecule has 3 rings (SSSR count). The summed E-state index contributed by atoms with van der Waals surface area (Å²) in [6.45, 7) is 1.90. The number of phenols is 2. The SMILES string of the molecule is Cc1ccc(-c2cc(=O)c3c(O)c(S(=O)(=O)O)c(O)cc3o2)cc1.